The van der Waals surface area contributed by atoms with Gasteiger partial charge in [0.05, 0.1) is 16.9 Å². The van der Waals surface area contributed by atoms with Crippen LogP contribution in [-0.4, -0.2) is 4.57 Å². The fraction of sp³-hybridized carbons (Fsp3) is 0.0857. The first-order valence-corrected chi connectivity index (χ1v) is 12.7. The zero-order valence-electron chi connectivity index (χ0n) is 20.4. The van der Waals surface area contributed by atoms with E-state index in [0.717, 1.165) is 0 Å². The van der Waals surface area contributed by atoms with Gasteiger partial charge in [-0.25, -0.2) is 0 Å². The monoisotopic (exact) mass is 459 g/mol. The van der Waals surface area contributed by atoms with Crippen molar-refractivity contribution in [1.29, 1.82) is 0 Å². The van der Waals surface area contributed by atoms with Gasteiger partial charge < -0.3 is 4.57 Å². The molecule has 7 aromatic rings. The van der Waals surface area contributed by atoms with Crippen molar-refractivity contribution >= 4 is 43.2 Å². The minimum atomic E-state index is -0.135. The van der Waals surface area contributed by atoms with Gasteiger partial charge in [0.25, 0.3) is 0 Å². The standard InChI is InChI=1S/C35H25N/c1-35(2)32-27-18-8-6-16-25(27)24-15-5-7-17-26(24)31(32)34-33(35)28-19-9-10-20-30(28)36(34)29-21-11-13-22-12-3-4-14-23(22)29/h3-21H,1-2H3. The normalized spacial score (nSPS) is 14.1. The zero-order chi connectivity index (χ0) is 24.0. The molecule has 0 spiro atoms. The van der Waals surface area contributed by atoms with Gasteiger partial charge in [0.2, 0.25) is 0 Å². The number of para-hydroxylation sites is 1. The van der Waals surface area contributed by atoms with Crippen LogP contribution >= 0.6 is 0 Å². The Morgan fingerprint density at radius 3 is 1.81 bits per heavy atom. The van der Waals surface area contributed by atoms with E-state index in [1.54, 1.807) is 0 Å². The number of aromatic nitrogens is 1. The number of nitrogens with zero attached hydrogens (tertiary/aromatic N) is 1. The molecule has 1 aliphatic carbocycles. The summed E-state index contributed by atoms with van der Waals surface area (Å²) in [4.78, 5) is 0. The molecule has 1 nitrogen and oxygen atoms in total. The maximum absolute atomic E-state index is 2.54. The third-order valence-electron chi connectivity index (χ3n) is 8.30. The number of fused-ring (bicyclic) bond motifs is 11. The molecule has 1 aliphatic rings. The maximum atomic E-state index is 2.54. The molecule has 170 valence electrons. The van der Waals surface area contributed by atoms with Gasteiger partial charge in [-0.1, -0.05) is 117 Å². The van der Waals surface area contributed by atoms with Crippen LogP contribution in [0.4, 0.5) is 0 Å². The summed E-state index contributed by atoms with van der Waals surface area (Å²) in [5, 5.41) is 9.25. The molecule has 1 heterocycles. The van der Waals surface area contributed by atoms with Crippen molar-refractivity contribution in [1.82, 2.24) is 4.57 Å². The Bertz CT molecular complexity index is 2010. The summed E-state index contributed by atoms with van der Waals surface area (Å²) in [5.74, 6) is 0. The first-order chi connectivity index (χ1) is 17.7. The molecule has 0 unspecified atom stereocenters. The second-order valence-corrected chi connectivity index (χ2v) is 10.5. The van der Waals surface area contributed by atoms with Crippen LogP contribution in [0.15, 0.2) is 115 Å². The molecule has 1 heteroatoms. The molecule has 36 heavy (non-hydrogen) atoms. The van der Waals surface area contributed by atoms with E-state index in [0.29, 0.717) is 0 Å². The Morgan fingerprint density at radius 2 is 1.03 bits per heavy atom. The summed E-state index contributed by atoms with van der Waals surface area (Å²) < 4.78 is 2.54. The van der Waals surface area contributed by atoms with Crippen LogP contribution in [0.5, 0.6) is 0 Å². The van der Waals surface area contributed by atoms with Crippen LogP contribution in [0.3, 0.4) is 0 Å². The first kappa shape index (κ1) is 19.9. The summed E-state index contributed by atoms with van der Waals surface area (Å²) in [6, 6.07) is 42.3. The lowest BCUT2D eigenvalue weighted by molar-refractivity contribution is 0.672. The van der Waals surface area contributed by atoms with Crippen molar-refractivity contribution < 1.29 is 0 Å². The molecule has 0 aliphatic heterocycles. The summed E-state index contributed by atoms with van der Waals surface area (Å²) >= 11 is 0. The van der Waals surface area contributed by atoms with E-state index in [9.17, 15) is 0 Å². The Balaban J connectivity index is 1.66. The first-order valence-electron chi connectivity index (χ1n) is 12.7. The van der Waals surface area contributed by atoms with Crippen LogP contribution in [0.25, 0.3) is 60.2 Å². The van der Waals surface area contributed by atoms with Gasteiger partial charge in [-0.05, 0) is 50.2 Å². The fourth-order valence-electron chi connectivity index (χ4n) is 6.92. The van der Waals surface area contributed by atoms with Crippen LogP contribution in [0.1, 0.15) is 25.0 Å². The summed E-state index contributed by atoms with van der Waals surface area (Å²) in [5.41, 5.74) is 7.98. The number of rotatable bonds is 1. The van der Waals surface area contributed by atoms with E-state index >= 15 is 0 Å². The molecule has 6 aromatic carbocycles. The Kier molecular flexibility index (Phi) is 3.79. The zero-order valence-corrected chi connectivity index (χ0v) is 20.4. The molecule has 0 bridgehead atoms. The molecular formula is C35H25N. The van der Waals surface area contributed by atoms with E-state index in [-0.39, 0.29) is 5.41 Å². The minimum absolute atomic E-state index is 0.135. The lowest BCUT2D eigenvalue weighted by Gasteiger charge is -2.24. The van der Waals surface area contributed by atoms with Gasteiger partial charge in [-0.3, -0.25) is 0 Å². The Morgan fingerprint density at radius 1 is 0.472 bits per heavy atom. The molecule has 0 saturated carbocycles. The summed E-state index contributed by atoms with van der Waals surface area (Å²) in [6.45, 7) is 4.83. The van der Waals surface area contributed by atoms with Crippen molar-refractivity contribution in [3.8, 4) is 16.9 Å². The van der Waals surface area contributed by atoms with Crippen molar-refractivity contribution in [3.05, 3.63) is 126 Å². The molecule has 0 radical (unpaired) electrons. The van der Waals surface area contributed by atoms with E-state index in [2.05, 4.69) is 134 Å². The number of hydrogen-bond acceptors (Lipinski definition) is 0. The van der Waals surface area contributed by atoms with Crippen LogP contribution in [0, 0.1) is 0 Å². The van der Waals surface area contributed by atoms with Crippen molar-refractivity contribution in [2.24, 2.45) is 0 Å². The van der Waals surface area contributed by atoms with E-state index in [4.69, 9.17) is 0 Å². The minimum Gasteiger partial charge on any atom is -0.308 e. The number of hydrogen-bond donors (Lipinski definition) is 0. The molecule has 0 saturated heterocycles. The predicted molar refractivity (Wildman–Crippen MR) is 153 cm³/mol. The third kappa shape index (κ3) is 2.35. The molecule has 1 aromatic heterocycles. The number of benzene rings is 6. The van der Waals surface area contributed by atoms with Crippen LogP contribution in [0.2, 0.25) is 0 Å². The SMILES string of the molecule is CC1(C)c2c(c3ccccc3c3ccccc23)-c2c1c1ccccc1n2-c1cccc2ccccc12. The third-order valence-corrected chi connectivity index (χ3v) is 8.30. The summed E-state index contributed by atoms with van der Waals surface area (Å²) in [6.07, 6.45) is 0. The van der Waals surface area contributed by atoms with Gasteiger partial charge in [0.1, 0.15) is 0 Å². The largest absolute Gasteiger partial charge is 0.308 e. The Labute approximate surface area is 210 Å². The van der Waals surface area contributed by atoms with Gasteiger partial charge in [0.15, 0.2) is 0 Å². The van der Waals surface area contributed by atoms with E-state index in [1.807, 2.05) is 0 Å². The lowest BCUT2D eigenvalue weighted by Crippen LogP contribution is -2.15. The highest BCUT2D eigenvalue weighted by atomic mass is 15.0. The summed E-state index contributed by atoms with van der Waals surface area (Å²) in [7, 11) is 0. The smallest absolute Gasteiger partial charge is 0.0591 e. The van der Waals surface area contributed by atoms with Gasteiger partial charge >= 0.3 is 0 Å². The highest BCUT2D eigenvalue weighted by Crippen LogP contribution is 2.58. The molecule has 8 rings (SSSR count). The van der Waals surface area contributed by atoms with Crippen LogP contribution < -0.4 is 0 Å². The van der Waals surface area contributed by atoms with Crippen molar-refractivity contribution in [2.45, 2.75) is 19.3 Å². The average molecular weight is 460 g/mol. The predicted octanol–water partition coefficient (Wildman–Crippen LogP) is 9.40. The average Bonchev–Trinajstić information content (AvgIpc) is 3.39. The molecule has 0 amide bonds. The van der Waals surface area contributed by atoms with Gasteiger partial charge in [-0.15, -0.1) is 0 Å². The van der Waals surface area contributed by atoms with E-state index in [1.165, 1.54) is 71.3 Å². The fourth-order valence-corrected chi connectivity index (χ4v) is 6.92. The highest BCUT2D eigenvalue weighted by Gasteiger charge is 2.43. The molecule has 0 N–H and O–H groups in total. The second-order valence-electron chi connectivity index (χ2n) is 10.5. The molecular weight excluding hydrogens is 434 g/mol. The molecule has 0 atom stereocenters. The quantitative estimate of drug-likeness (QED) is 0.215. The van der Waals surface area contributed by atoms with Crippen molar-refractivity contribution in [2.75, 3.05) is 0 Å². The van der Waals surface area contributed by atoms with Gasteiger partial charge in [0, 0.05) is 21.8 Å². The van der Waals surface area contributed by atoms with Crippen LogP contribution in [-0.2, 0) is 5.41 Å². The second kappa shape index (κ2) is 6.86. The molecule has 0 fully saturated rings. The highest BCUT2D eigenvalue weighted by molar-refractivity contribution is 6.20. The Hall–Kier alpha value is -4.36. The topological polar surface area (TPSA) is 4.93 Å². The lowest BCUT2D eigenvalue weighted by atomic mass is 9.78. The van der Waals surface area contributed by atoms with Crippen molar-refractivity contribution in [3.63, 3.8) is 0 Å². The van der Waals surface area contributed by atoms with Gasteiger partial charge in [-0.2, -0.15) is 0 Å². The van der Waals surface area contributed by atoms with E-state index < -0.39 is 0 Å². The maximum Gasteiger partial charge on any atom is 0.0591 e.